The number of nitrogens with zero attached hydrogens (tertiary/aromatic N) is 3. The average molecular weight is 203 g/mol. The van der Waals surface area contributed by atoms with E-state index in [2.05, 4.69) is 44.1 Å². The maximum Gasteiger partial charge on any atom is 0.113 e. The van der Waals surface area contributed by atoms with E-state index in [0.717, 1.165) is 11.0 Å². The molecule has 0 aliphatic heterocycles. The van der Waals surface area contributed by atoms with E-state index in [1.54, 1.807) is 0 Å². The fraction of sp³-hybridized carbons (Fsp3) is 0.500. The van der Waals surface area contributed by atoms with E-state index < -0.39 is 0 Å². The quantitative estimate of drug-likeness (QED) is 0.713. The van der Waals surface area contributed by atoms with Crippen LogP contribution in [0.2, 0.25) is 0 Å². The monoisotopic (exact) mass is 203 g/mol. The minimum atomic E-state index is 0.191. The van der Waals surface area contributed by atoms with Gasteiger partial charge in [-0.15, -0.1) is 5.10 Å². The van der Waals surface area contributed by atoms with E-state index >= 15 is 0 Å². The summed E-state index contributed by atoms with van der Waals surface area (Å²) in [6, 6.07) is 8.41. The normalized spacial score (nSPS) is 14.4. The Balaban J connectivity index is 2.53. The summed E-state index contributed by atoms with van der Waals surface area (Å²) in [7, 11) is 0. The second kappa shape index (κ2) is 3.33. The first-order valence-electron chi connectivity index (χ1n) is 5.30. The van der Waals surface area contributed by atoms with Crippen molar-refractivity contribution in [3.8, 4) is 0 Å². The molecule has 0 bridgehead atoms. The zero-order chi connectivity index (χ0) is 11.1. The van der Waals surface area contributed by atoms with E-state index in [1.165, 1.54) is 0 Å². The maximum absolute atomic E-state index is 4.23. The number of fused-ring (bicyclic) bond motifs is 1. The highest BCUT2D eigenvalue weighted by molar-refractivity contribution is 5.73. The number of rotatable bonds is 1. The van der Waals surface area contributed by atoms with Crippen molar-refractivity contribution in [1.82, 2.24) is 15.0 Å². The molecular weight excluding hydrogens is 186 g/mol. The van der Waals surface area contributed by atoms with Gasteiger partial charge in [-0.25, -0.2) is 4.68 Å². The van der Waals surface area contributed by atoms with Gasteiger partial charge in [0.1, 0.15) is 5.52 Å². The molecule has 1 aromatic heterocycles. The zero-order valence-corrected chi connectivity index (χ0v) is 9.73. The summed E-state index contributed by atoms with van der Waals surface area (Å²) in [5, 5.41) is 8.39. The van der Waals surface area contributed by atoms with E-state index in [-0.39, 0.29) is 5.41 Å². The Labute approximate surface area is 90.1 Å². The lowest BCUT2D eigenvalue weighted by atomic mass is 9.88. The highest BCUT2D eigenvalue weighted by atomic mass is 15.4. The van der Waals surface area contributed by atoms with Crippen LogP contribution < -0.4 is 0 Å². The van der Waals surface area contributed by atoms with Crippen molar-refractivity contribution >= 4 is 11.0 Å². The summed E-state index contributed by atoms with van der Waals surface area (Å²) in [6.07, 6.45) is 0. The van der Waals surface area contributed by atoms with Crippen molar-refractivity contribution in [1.29, 1.82) is 0 Å². The van der Waals surface area contributed by atoms with Gasteiger partial charge in [-0.3, -0.25) is 0 Å². The van der Waals surface area contributed by atoms with Crippen molar-refractivity contribution in [3.05, 3.63) is 24.3 Å². The van der Waals surface area contributed by atoms with Gasteiger partial charge in [-0.1, -0.05) is 38.1 Å². The predicted molar refractivity (Wildman–Crippen MR) is 61.7 cm³/mol. The van der Waals surface area contributed by atoms with Crippen LogP contribution in [0.1, 0.15) is 33.7 Å². The zero-order valence-electron chi connectivity index (χ0n) is 9.73. The topological polar surface area (TPSA) is 30.7 Å². The molecule has 1 aromatic carbocycles. The van der Waals surface area contributed by atoms with Gasteiger partial charge in [0.15, 0.2) is 0 Å². The summed E-state index contributed by atoms with van der Waals surface area (Å²) in [5.74, 6) is 0. The molecule has 0 fully saturated rings. The highest BCUT2D eigenvalue weighted by Crippen LogP contribution is 2.31. The van der Waals surface area contributed by atoms with Gasteiger partial charge in [0.05, 0.1) is 11.6 Å². The van der Waals surface area contributed by atoms with Crippen LogP contribution in [0.15, 0.2) is 24.3 Å². The molecule has 0 saturated carbocycles. The SMILES string of the molecule is C[C@H](n1nnc2ccccc21)C(C)(C)C. The minimum Gasteiger partial charge on any atom is -0.241 e. The first-order chi connectivity index (χ1) is 7.00. The van der Waals surface area contributed by atoms with Crippen LogP contribution in [0.4, 0.5) is 0 Å². The lowest BCUT2D eigenvalue weighted by Gasteiger charge is -2.27. The first-order valence-corrected chi connectivity index (χ1v) is 5.30. The van der Waals surface area contributed by atoms with Crippen LogP contribution in [0.25, 0.3) is 11.0 Å². The standard InChI is InChI=1S/C12H17N3/c1-9(12(2,3)4)15-11-8-6-5-7-10(11)13-14-15/h5-9H,1-4H3/t9-/m0/s1. The predicted octanol–water partition coefficient (Wildman–Crippen LogP) is 3.04. The van der Waals surface area contributed by atoms with Crippen molar-refractivity contribution in [2.75, 3.05) is 0 Å². The molecule has 0 spiro atoms. The van der Waals surface area contributed by atoms with Crippen LogP contribution in [-0.4, -0.2) is 15.0 Å². The van der Waals surface area contributed by atoms with Crippen LogP contribution in [-0.2, 0) is 0 Å². The Morgan fingerprint density at radius 2 is 1.87 bits per heavy atom. The summed E-state index contributed by atoms with van der Waals surface area (Å²) >= 11 is 0. The first kappa shape index (κ1) is 10.1. The van der Waals surface area contributed by atoms with Crippen LogP contribution in [0.3, 0.4) is 0 Å². The molecule has 0 unspecified atom stereocenters. The summed E-state index contributed by atoms with van der Waals surface area (Å²) in [6.45, 7) is 8.83. The third-order valence-electron chi connectivity index (χ3n) is 3.00. The van der Waals surface area contributed by atoms with Crippen LogP contribution in [0.5, 0.6) is 0 Å². The molecule has 15 heavy (non-hydrogen) atoms. The second-order valence-electron chi connectivity index (χ2n) is 5.06. The van der Waals surface area contributed by atoms with Gasteiger partial charge in [0, 0.05) is 0 Å². The number of para-hydroxylation sites is 1. The molecule has 3 nitrogen and oxygen atoms in total. The lowest BCUT2D eigenvalue weighted by molar-refractivity contribution is 0.247. The largest absolute Gasteiger partial charge is 0.241 e. The molecule has 2 rings (SSSR count). The fourth-order valence-electron chi connectivity index (χ4n) is 1.54. The Hall–Kier alpha value is -1.38. The molecule has 2 aromatic rings. The van der Waals surface area contributed by atoms with E-state index in [1.807, 2.05) is 22.9 Å². The van der Waals surface area contributed by atoms with Gasteiger partial charge in [-0.2, -0.15) is 0 Å². The third-order valence-corrected chi connectivity index (χ3v) is 3.00. The molecule has 0 radical (unpaired) electrons. The minimum absolute atomic E-state index is 0.191. The smallest absolute Gasteiger partial charge is 0.113 e. The molecule has 0 saturated heterocycles. The van der Waals surface area contributed by atoms with Crippen molar-refractivity contribution in [2.24, 2.45) is 5.41 Å². The second-order valence-corrected chi connectivity index (χ2v) is 5.06. The Morgan fingerprint density at radius 3 is 2.53 bits per heavy atom. The van der Waals surface area contributed by atoms with Gasteiger partial charge in [0.25, 0.3) is 0 Å². The van der Waals surface area contributed by atoms with Gasteiger partial charge >= 0.3 is 0 Å². The van der Waals surface area contributed by atoms with E-state index in [9.17, 15) is 0 Å². The molecular formula is C12H17N3. The maximum atomic E-state index is 4.23. The molecule has 0 aliphatic rings. The van der Waals surface area contributed by atoms with Crippen LogP contribution in [0, 0.1) is 5.41 Å². The Morgan fingerprint density at radius 1 is 1.20 bits per heavy atom. The molecule has 3 heteroatoms. The number of benzene rings is 1. The van der Waals surface area contributed by atoms with Gasteiger partial charge < -0.3 is 0 Å². The lowest BCUT2D eigenvalue weighted by Crippen LogP contribution is -2.22. The van der Waals surface area contributed by atoms with E-state index in [4.69, 9.17) is 0 Å². The van der Waals surface area contributed by atoms with Gasteiger partial charge in [-0.05, 0) is 24.5 Å². The molecule has 1 atom stereocenters. The molecule has 80 valence electrons. The summed E-state index contributed by atoms with van der Waals surface area (Å²) < 4.78 is 2.01. The van der Waals surface area contributed by atoms with Crippen molar-refractivity contribution < 1.29 is 0 Å². The highest BCUT2D eigenvalue weighted by Gasteiger charge is 2.23. The number of hydrogen-bond acceptors (Lipinski definition) is 2. The number of aromatic nitrogens is 3. The summed E-state index contributed by atoms with van der Waals surface area (Å²) in [5.41, 5.74) is 2.27. The average Bonchev–Trinajstić information content (AvgIpc) is 2.58. The Kier molecular flexibility index (Phi) is 2.25. The molecule has 0 N–H and O–H groups in total. The number of hydrogen-bond donors (Lipinski definition) is 0. The van der Waals surface area contributed by atoms with Gasteiger partial charge in [0.2, 0.25) is 0 Å². The molecule has 0 aliphatic carbocycles. The van der Waals surface area contributed by atoms with E-state index in [0.29, 0.717) is 6.04 Å². The summed E-state index contributed by atoms with van der Waals surface area (Å²) in [4.78, 5) is 0. The van der Waals surface area contributed by atoms with Crippen molar-refractivity contribution in [3.63, 3.8) is 0 Å². The molecule has 0 amide bonds. The van der Waals surface area contributed by atoms with Crippen LogP contribution >= 0.6 is 0 Å². The van der Waals surface area contributed by atoms with Crippen molar-refractivity contribution in [2.45, 2.75) is 33.7 Å². The molecule has 1 heterocycles. The fourth-order valence-corrected chi connectivity index (χ4v) is 1.54. The third kappa shape index (κ3) is 1.74. The Bertz CT molecular complexity index is 465.